The molecule has 0 saturated heterocycles. The molecule has 2 aromatic rings. The number of hydrogen-bond donors (Lipinski definition) is 2. The number of carbonyl (C=O) groups is 1. The zero-order valence-corrected chi connectivity index (χ0v) is 13.1. The van der Waals surface area contributed by atoms with Gasteiger partial charge in [0.05, 0.1) is 21.4 Å². The molecule has 0 unspecified atom stereocenters. The average molecular weight is 327 g/mol. The standard InChI is InChI=1S/C14H16Cl2N4O/c1-9-12(16)8-20(19-9)6-2-3-14(21)18-10-4-5-11(15)13(17)7-10/h4-5,7-8H,2-3,6,17H2,1H3,(H,18,21). The molecule has 0 aliphatic carbocycles. The number of benzene rings is 1. The van der Waals surface area contributed by atoms with Gasteiger partial charge in [-0.1, -0.05) is 23.2 Å². The molecule has 0 fully saturated rings. The molecule has 1 amide bonds. The van der Waals surface area contributed by atoms with Gasteiger partial charge in [0.1, 0.15) is 0 Å². The number of nitrogens with two attached hydrogens (primary N) is 1. The zero-order chi connectivity index (χ0) is 15.4. The van der Waals surface area contributed by atoms with Gasteiger partial charge in [0, 0.05) is 24.8 Å². The maximum Gasteiger partial charge on any atom is 0.224 e. The van der Waals surface area contributed by atoms with Crippen LogP contribution in [0.2, 0.25) is 10.0 Å². The van der Waals surface area contributed by atoms with E-state index in [4.69, 9.17) is 28.9 Å². The van der Waals surface area contributed by atoms with Crippen LogP contribution in [0.3, 0.4) is 0 Å². The number of nitrogens with one attached hydrogen (secondary N) is 1. The zero-order valence-electron chi connectivity index (χ0n) is 11.6. The summed E-state index contributed by atoms with van der Waals surface area (Å²) < 4.78 is 1.74. The van der Waals surface area contributed by atoms with Crippen LogP contribution >= 0.6 is 23.2 Å². The Balaban J connectivity index is 1.80. The minimum atomic E-state index is -0.0771. The average Bonchev–Trinajstić information content (AvgIpc) is 2.73. The lowest BCUT2D eigenvalue weighted by Crippen LogP contribution is -2.12. The van der Waals surface area contributed by atoms with Gasteiger partial charge in [-0.05, 0) is 31.5 Å². The van der Waals surface area contributed by atoms with Crippen molar-refractivity contribution in [1.82, 2.24) is 9.78 Å². The Morgan fingerprint density at radius 2 is 2.14 bits per heavy atom. The van der Waals surface area contributed by atoms with Crippen LogP contribution in [0.15, 0.2) is 24.4 Å². The summed E-state index contributed by atoms with van der Waals surface area (Å²) in [6, 6.07) is 5.01. The minimum Gasteiger partial charge on any atom is -0.397 e. The fraction of sp³-hybridized carbons (Fsp3) is 0.286. The minimum absolute atomic E-state index is 0.0771. The van der Waals surface area contributed by atoms with Crippen LogP contribution in [0, 0.1) is 6.92 Å². The van der Waals surface area contributed by atoms with Gasteiger partial charge in [-0.25, -0.2) is 0 Å². The molecular weight excluding hydrogens is 311 g/mol. The van der Waals surface area contributed by atoms with E-state index in [9.17, 15) is 4.79 Å². The Morgan fingerprint density at radius 1 is 1.38 bits per heavy atom. The lowest BCUT2D eigenvalue weighted by molar-refractivity contribution is -0.116. The van der Waals surface area contributed by atoms with Crippen LogP contribution in [-0.4, -0.2) is 15.7 Å². The number of hydrogen-bond acceptors (Lipinski definition) is 3. The summed E-state index contributed by atoms with van der Waals surface area (Å²) in [4.78, 5) is 11.8. The highest BCUT2D eigenvalue weighted by Crippen LogP contribution is 2.22. The van der Waals surface area contributed by atoms with E-state index in [2.05, 4.69) is 10.4 Å². The van der Waals surface area contributed by atoms with E-state index < -0.39 is 0 Å². The molecule has 7 heteroatoms. The molecule has 112 valence electrons. The second kappa shape index (κ2) is 6.83. The van der Waals surface area contributed by atoms with E-state index in [-0.39, 0.29) is 5.91 Å². The molecule has 0 radical (unpaired) electrons. The molecular formula is C14H16Cl2N4O. The Labute approximate surface area is 133 Å². The number of rotatable bonds is 5. The van der Waals surface area contributed by atoms with Crippen molar-refractivity contribution < 1.29 is 4.79 Å². The van der Waals surface area contributed by atoms with Crippen molar-refractivity contribution in [3.05, 3.63) is 40.1 Å². The highest BCUT2D eigenvalue weighted by molar-refractivity contribution is 6.33. The molecule has 1 aromatic carbocycles. The van der Waals surface area contributed by atoms with E-state index in [1.54, 1.807) is 29.1 Å². The molecule has 0 aliphatic rings. The molecule has 2 rings (SSSR count). The first-order valence-corrected chi connectivity index (χ1v) is 7.25. The molecule has 3 N–H and O–H groups in total. The van der Waals surface area contributed by atoms with Crippen LogP contribution in [0.4, 0.5) is 11.4 Å². The summed E-state index contributed by atoms with van der Waals surface area (Å²) in [5.41, 5.74) is 7.55. The van der Waals surface area contributed by atoms with E-state index in [0.717, 1.165) is 5.69 Å². The van der Waals surface area contributed by atoms with Gasteiger partial charge < -0.3 is 11.1 Å². The molecule has 0 aliphatic heterocycles. The van der Waals surface area contributed by atoms with Crippen molar-refractivity contribution in [1.29, 1.82) is 0 Å². The van der Waals surface area contributed by atoms with Crippen LogP contribution in [0.1, 0.15) is 18.5 Å². The van der Waals surface area contributed by atoms with Crippen LogP contribution in [-0.2, 0) is 11.3 Å². The highest BCUT2D eigenvalue weighted by Gasteiger charge is 2.06. The third-order valence-corrected chi connectivity index (χ3v) is 3.67. The normalized spacial score (nSPS) is 10.6. The van der Waals surface area contributed by atoms with Gasteiger partial charge in [-0.15, -0.1) is 0 Å². The highest BCUT2D eigenvalue weighted by atomic mass is 35.5. The number of nitrogen functional groups attached to an aromatic ring is 1. The van der Waals surface area contributed by atoms with E-state index in [0.29, 0.717) is 40.8 Å². The first-order chi connectivity index (χ1) is 9.95. The first-order valence-electron chi connectivity index (χ1n) is 6.50. The van der Waals surface area contributed by atoms with Crippen LogP contribution in [0.5, 0.6) is 0 Å². The lowest BCUT2D eigenvalue weighted by Gasteiger charge is -2.07. The molecule has 1 heterocycles. The largest absolute Gasteiger partial charge is 0.397 e. The summed E-state index contributed by atoms with van der Waals surface area (Å²) in [5.74, 6) is -0.0771. The predicted molar refractivity (Wildman–Crippen MR) is 85.7 cm³/mol. The number of amides is 1. The van der Waals surface area contributed by atoms with E-state index >= 15 is 0 Å². The van der Waals surface area contributed by atoms with Gasteiger partial charge in [0.2, 0.25) is 5.91 Å². The SMILES string of the molecule is Cc1nn(CCCC(=O)Nc2ccc(Cl)c(N)c2)cc1Cl. The number of aromatic nitrogens is 2. The Morgan fingerprint density at radius 3 is 2.76 bits per heavy atom. The summed E-state index contributed by atoms with van der Waals surface area (Å²) >= 11 is 11.7. The molecule has 0 bridgehead atoms. The van der Waals surface area contributed by atoms with Gasteiger partial charge in [0.15, 0.2) is 0 Å². The monoisotopic (exact) mass is 326 g/mol. The van der Waals surface area contributed by atoms with Gasteiger partial charge >= 0.3 is 0 Å². The summed E-state index contributed by atoms with van der Waals surface area (Å²) in [7, 11) is 0. The second-order valence-electron chi connectivity index (χ2n) is 4.71. The Kier molecular flexibility index (Phi) is 5.09. The molecule has 0 saturated carbocycles. The Bertz CT molecular complexity index is 635. The van der Waals surface area contributed by atoms with Gasteiger partial charge in [-0.3, -0.25) is 9.48 Å². The van der Waals surface area contributed by atoms with E-state index in [1.165, 1.54) is 0 Å². The van der Waals surface area contributed by atoms with Crippen molar-refractivity contribution in [3.63, 3.8) is 0 Å². The quantitative estimate of drug-likeness (QED) is 0.826. The predicted octanol–water partition coefficient (Wildman–Crippen LogP) is 3.50. The van der Waals surface area contributed by atoms with Crippen molar-refractivity contribution >= 4 is 40.5 Å². The van der Waals surface area contributed by atoms with Crippen LogP contribution in [0.25, 0.3) is 0 Å². The van der Waals surface area contributed by atoms with Crippen molar-refractivity contribution in [2.75, 3.05) is 11.1 Å². The maximum absolute atomic E-state index is 11.8. The molecule has 1 aromatic heterocycles. The number of aryl methyl sites for hydroxylation is 2. The molecule has 5 nitrogen and oxygen atoms in total. The fourth-order valence-corrected chi connectivity index (χ4v) is 2.12. The second-order valence-corrected chi connectivity index (χ2v) is 5.53. The fourth-order valence-electron chi connectivity index (χ4n) is 1.85. The third-order valence-electron chi connectivity index (χ3n) is 2.96. The summed E-state index contributed by atoms with van der Waals surface area (Å²) in [6.45, 7) is 2.49. The smallest absolute Gasteiger partial charge is 0.224 e. The Hall–Kier alpha value is -1.72. The number of anilines is 2. The van der Waals surface area contributed by atoms with Crippen molar-refractivity contribution in [2.45, 2.75) is 26.3 Å². The lowest BCUT2D eigenvalue weighted by atomic mass is 10.2. The van der Waals surface area contributed by atoms with Crippen molar-refractivity contribution in [3.8, 4) is 0 Å². The topological polar surface area (TPSA) is 72.9 Å². The van der Waals surface area contributed by atoms with Crippen LogP contribution < -0.4 is 11.1 Å². The van der Waals surface area contributed by atoms with Gasteiger partial charge in [-0.2, -0.15) is 5.10 Å². The third kappa shape index (κ3) is 4.37. The summed E-state index contributed by atoms with van der Waals surface area (Å²) in [5, 5.41) is 8.12. The van der Waals surface area contributed by atoms with Crippen molar-refractivity contribution in [2.24, 2.45) is 0 Å². The van der Waals surface area contributed by atoms with E-state index in [1.807, 2.05) is 6.92 Å². The maximum atomic E-state index is 11.8. The number of halogens is 2. The first kappa shape index (κ1) is 15.7. The molecule has 0 spiro atoms. The van der Waals surface area contributed by atoms with Gasteiger partial charge in [0.25, 0.3) is 0 Å². The summed E-state index contributed by atoms with van der Waals surface area (Å²) in [6.07, 6.45) is 2.82. The molecule has 0 atom stereocenters. The number of carbonyl (C=O) groups excluding carboxylic acids is 1. The molecule has 21 heavy (non-hydrogen) atoms. The number of nitrogens with zero attached hydrogens (tertiary/aromatic N) is 2.